The lowest BCUT2D eigenvalue weighted by Gasteiger charge is -2.44. The molecule has 5 N–H and O–H groups in total. The van der Waals surface area contributed by atoms with Gasteiger partial charge in [-0.2, -0.15) is 0 Å². The first kappa shape index (κ1) is 55.7. The molecule has 1 aromatic rings. The summed E-state index contributed by atoms with van der Waals surface area (Å²) in [5.41, 5.74) is 3.10. The number of esters is 1. The van der Waals surface area contributed by atoms with Crippen molar-refractivity contribution in [2.45, 2.75) is 183 Å². The van der Waals surface area contributed by atoms with Crippen molar-refractivity contribution in [1.29, 1.82) is 0 Å². The Bertz CT molecular complexity index is 2080. The van der Waals surface area contributed by atoms with Gasteiger partial charge in [-0.15, -0.1) is 0 Å². The number of aromatic nitrogens is 1. The van der Waals surface area contributed by atoms with E-state index in [4.69, 9.17) is 42.6 Å². The Morgan fingerprint density at radius 1 is 1.03 bits per heavy atom. The van der Waals surface area contributed by atoms with Crippen molar-refractivity contribution < 1.29 is 67.6 Å². The highest BCUT2D eigenvalue weighted by atomic mass is 79.9. The van der Waals surface area contributed by atoms with Crippen molar-refractivity contribution >= 4 is 33.9 Å². The summed E-state index contributed by atoms with van der Waals surface area (Å²) in [6, 6.07) is -0.882. The van der Waals surface area contributed by atoms with Crippen LogP contribution in [-0.2, 0) is 42.7 Å². The summed E-state index contributed by atoms with van der Waals surface area (Å²) < 4.78 is 48.9. The van der Waals surface area contributed by atoms with E-state index < -0.39 is 85.6 Å². The largest absolute Gasteiger partial charge is 0.458 e. The van der Waals surface area contributed by atoms with Gasteiger partial charge in [0.2, 0.25) is 11.8 Å². The van der Waals surface area contributed by atoms with Crippen LogP contribution in [0, 0.1) is 11.8 Å². The van der Waals surface area contributed by atoms with Crippen molar-refractivity contribution in [3.8, 4) is 0 Å². The minimum absolute atomic E-state index is 0.0179. The van der Waals surface area contributed by atoms with Crippen LogP contribution >= 0.6 is 15.9 Å². The van der Waals surface area contributed by atoms with Gasteiger partial charge in [0.15, 0.2) is 5.79 Å². The maximum atomic E-state index is 13.7. The molecular formula is C53H75BrN2O14. The van der Waals surface area contributed by atoms with Crippen LogP contribution in [0.2, 0.25) is 0 Å². The van der Waals surface area contributed by atoms with E-state index in [1.165, 1.54) is 13.2 Å². The molecule has 4 fully saturated rings. The molecule has 1 aromatic heterocycles. The average Bonchev–Trinajstić information content (AvgIpc) is 3.79. The summed E-state index contributed by atoms with van der Waals surface area (Å²) in [4.78, 5) is 33.7. The summed E-state index contributed by atoms with van der Waals surface area (Å²) >= 11 is 3.27. The van der Waals surface area contributed by atoms with Gasteiger partial charge in [-0.25, -0.2) is 9.78 Å². The quantitative estimate of drug-likeness (QED) is 0.0725. The number of methoxy groups -OCH3 is 2. The first-order chi connectivity index (χ1) is 33.5. The molecule has 0 aromatic carbocycles. The van der Waals surface area contributed by atoms with E-state index >= 15 is 0 Å². The number of oxazole rings is 1. The Morgan fingerprint density at radius 3 is 2.54 bits per heavy atom. The molecule has 5 aliphatic rings. The van der Waals surface area contributed by atoms with Crippen molar-refractivity contribution in [3.05, 3.63) is 94.7 Å². The normalized spacial score (nSPS) is 35.2. The number of aliphatic hydroxyl groups is 4. The number of aliphatic hydroxyl groups excluding tert-OH is 3. The van der Waals surface area contributed by atoms with Crippen LogP contribution in [-0.4, -0.2) is 137 Å². The molecule has 0 saturated carbocycles. The predicted molar refractivity (Wildman–Crippen MR) is 265 cm³/mol. The maximum Gasteiger partial charge on any atom is 0.330 e. The lowest BCUT2D eigenvalue weighted by atomic mass is 9.79. The van der Waals surface area contributed by atoms with Crippen molar-refractivity contribution in [1.82, 2.24) is 10.3 Å². The molecule has 70 heavy (non-hydrogen) atoms. The van der Waals surface area contributed by atoms with Gasteiger partial charge in [0, 0.05) is 57.8 Å². The summed E-state index contributed by atoms with van der Waals surface area (Å²) in [5.74, 6) is -3.29. The molecule has 8 bridgehead atoms. The Kier molecular flexibility index (Phi) is 21.0. The molecule has 0 aliphatic carbocycles. The Labute approximate surface area is 421 Å². The first-order valence-corrected chi connectivity index (χ1v) is 25.5. The van der Waals surface area contributed by atoms with E-state index in [2.05, 4.69) is 27.8 Å². The second-order valence-electron chi connectivity index (χ2n) is 19.7. The number of amides is 1. The van der Waals surface area contributed by atoms with Gasteiger partial charge in [0.25, 0.3) is 0 Å². The van der Waals surface area contributed by atoms with Gasteiger partial charge in [-0.3, -0.25) is 4.79 Å². The summed E-state index contributed by atoms with van der Waals surface area (Å²) in [6.45, 7) is 11.4. The third-order valence-electron chi connectivity index (χ3n) is 13.9. The molecule has 388 valence electrons. The highest BCUT2D eigenvalue weighted by Crippen LogP contribution is 2.39. The van der Waals surface area contributed by atoms with Crippen LogP contribution in [0.25, 0.3) is 6.08 Å². The van der Waals surface area contributed by atoms with E-state index in [1.54, 1.807) is 42.7 Å². The van der Waals surface area contributed by atoms with Crippen LogP contribution in [0.4, 0.5) is 0 Å². The molecule has 0 radical (unpaired) electrons. The number of halogens is 1. The monoisotopic (exact) mass is 1040 g/mol. The van der Waals surface area contributed by atoms with Crippen LogP contribution in [0.15, 0.2) is 87.6 Å². The number of nitrogens with one attached hydrogen (secondary N) is 1. The number of rotatable bonds is 14. The van der Waals surface area contributed by atoms with E-state index in [-0.39, 0.29) is 49.1 Å². The highest BCUT2D eigenvalue weighted by molar-refractivity contribution is 9.11. The number of carbonyl (C=O) groups excluding carboxylic acids is 2. The third-order valence-corrected chi connectivity index (χ3v) is 14.3. The third kappa shape index (κ3) is 16.0. The van der Waals surface area contributed by atoms with E-state index in [9.17, 15) is 30.0 Å². The van der Waals surface area contributed by atoms with Crippen LogP contribution in [0.5, 0.6) is 0 Å². The fourth-order valence-corrected chi connectivity index (χ4v) is 10.6. The first-order valence-electron chi connectivity index (χ1n) is 24.6. The van der Waals surface area contributed by atoms with E-state index in [0.29, 0.717) is 68.5 Å². The zero-order valence-corrected chi connectivity index (χ0v) is 43.0. The van der Waals surface area contributed by atoms with Crippen molar-refractivity contribution in [2.24, 2.45) is 11.8 Å². The molecule has 6 rings (SSSR count). The zero-order chi connectivity index (χ0) is 50.5. The average molecular weight is 1040 g/mol. The van der Waals surface area contributed by atoms with E-state index in [0.717, 1.165) is 11.1 Å². The second-order valence-corrected chi connectivity index (χ2v) is 20.3. The van der Waals surface area contributed by atoms with Gasteiger partial charge in [-0.05, 0) is 69.0 Å². The minimum Gasteiger partial charge on any atom is -0.458 e. The summed E-state index contributed by atoms with van der Waals surface area (Å²) in [6.07, 6.45) is 15.7. The Morgan fingerprint density at radius 2 is 1.80 bits per heavy atom. The standard InChI is InChI=1S/C53H75BrN2O14/c1-31(16-17-38(63-6)12-10-18-54)21-44(59)47-26-42(64-7)27-53(62,70-47)28-48(60)55-36(29-57)22-33(3)51-35(5)52-34(4)45(68-51)13-9-14-49-56-43(30-65-49)46-24-37(58)23-41(67-46)25-40-20-32(2)19-39(66-40)11-8-15-50(61)69-52/h8-10,14-18,21-22,30,34-42,44-47,51-52,57-59,62H,2,11-13,19-20,23-29H2,1,3-7H3,(H,55,60)/t34-,35-,36?,37+,38+,39-,40+,41-,42+,44+,45+,46+,47+,51-,52-,53-/m0/s1. The summed E-state index contributed by atoms with van der Waals surface area (Å²) in [5, 5.41) is 47.1. The molecule has 5 aliphatic heterocycles. The molecule has 17 heteroatoms. The zero-order valence-electron chi connectivity index (χ0n) is 41.4. The minimum atomic E-state index is -1.98. The van der Waals surface area contributed by atoms with Crippen LogP contribution < -0.4 is 5.32 Å². The number of nitrogens with zero attached hydrogens (tertiary/aromatic N) is 1. The molecular weight excluding hydrogens is 968 g/mol. The van der Waals surface area contributed by atoms with Gasteiger partial charge in [0.05, 0.1) is 80.1 Å². The number of hydrogen-bond acceptors (Lipinski definition) is 15. The van der Waals surface area contributed by atoms with Crippen LogP contribution in [0.3, 0.4) is 0 Å². The molecule has 0 spiro atoms. The number of fused-ring (bicyclic) bond motifs is 9. The topological polar surface area (TPSA) is 218 Å². The van der Waals surface area contributed by atoms with Crippen LogP contribution in [0.1, 0.15) is 116 Å². The second kappa shape index (κ2) is 26.4. The van der Waals surface area contributed by atoms with Gasteiger partial charge >= 0.3 is 5.97 Å². The Balaban J connectivity index is 1.16. The Hall–Kier alpha value is -3.59. The fourth-order valence-electron chi connectivity index (χ4n) is 10.4. The molecule has 6 heterocycles. The molecule has 1 amide bonds. The number of carbonyl (C=O) groups is 2. The maximum absolute atomic E-state index is 13.7. The highest BCUT2D eigenvalue weighted by Gasteiger charge is 2.46. The fraction of sp³-hybridized carbons (Fsp3) is 0.642. The summed E-state index contributed by atoms with van der Waals surface area (Å²) in [7, 11) is 3.12. The number of ether oxygens (including phenoxy) is 7. The predicted octanol–water partition coefficient (Wildman–Crippen LogP) is 6.94. The van der Waals surface area contributed by atoms with Crippen molar-refractivity contribution in [3.63, 3.8) is 0 Å². The lowest BCUT2D eigenvalue weighted by molar-refractivity contribution is -0.285. The smallest absolute Gasteiger partial charge is 0.330 e. The molecule has 16 nitrogen and oxygen atoms in total. The molecule has 4 saturated heterocycles. The van der Waals surface area contributed by atoms with Gasteiger partial charge in [0.1, 0.15) is 24.2 Å². The van der Waals surface area contributed by atoms with Crippen molar-refractivity contribution in [2.75, 3.05) is 20.8 Å². The van der Waals surface area contributed by atoms with Gasteiger partial charge < -0.3 is 63.3 Å². The molecule has 16 atom stereocenters. The molecule has 1 unspecified atom stereocenters. The number of hydrogen-bond donors (Lipinski definition) is 5. The lowest BCUT2D eigenvalue weighted by Crippen LogP contribution is -2.53. The number of allylic oxidation sites excluding steroid dienone is 2. The van der Waals surface area contributed by atoms with Gasteiger partial charge in [-0.1, -0.05) is 90.0 Å². The van der Waals surface area contributed by atoms with E-state index in [1.807, 2.05) is 52.0 Å². The SMILES string of the molecule is C=C1C[C@@H]2C[C@@H]3C[C@@H](O)C[C@@H](O3)c3coc(n3)C=CC[C@H]3O[C@@H](C(C)=CC(CO)NC(=O)C[C@]4(O)C[C@H](OC)C[C@H]([C@H](O)C=C(C)C=C[C@@H](CC=CBr)OC)O4)[C@H](C)[C@@H](OC(=O)C=CC[C@@H](C1)O2)[C@H]3C.